The largest absolute Gasteiger partial charge is 0.293 e. The van der Waals surface area contributed by atoms with Crippen LogP contribution in [-0.2, 0) is 0 Å². The molecule has 6 heteroatoms. The van der Waals surface area contributed by atoms with E-state index in [2.05, 4.69) is 18.2 Å². The molecule has 0 amide bonds. The van der Waals surface area contributed by atoms with Crippen LogP contribution >= 0.6 is 46.1 Å². The van der Waals surface area contributed by atoms with Gasteiger partial charge in [-0.3, -0.25) is 9.79 Å². The van der Waals surface area contributed by atoms with Gasteiger partial charge in [-0.2, -0.15) is 0 Å². The fraction of sp³-hybridized carbons (Fsp3) is 0.294. The van der Waals surface area contributed by atoms with Crippen molar-refractivity contribution in [1.82, 2.24) is 0 Å². The first-order chi connectivity index (χ1) is 10.8. The van der Waals surface area contributed by atoms with Gasteiger partial charge < -0.3 is 0 Å². The van der Waals surface area contributed by atoms with Crippen LogP contribution in [0.1, 0.15) is 35.9 Å². The minimum Gasteiger partial charge on any atom is -0.293 e. The molecule has 2 nitrogen and oxygen atoms in total. The lowest BCUT2D eigenvalue weighted by atomic mass is 10.0. The van der Waals surface area contributed by atoms with Gasteiger partial charge in [0, 0.05) is 24.8 Å². The molecule has 0 bridgehead atoms. The summed E-state index contributed by atoms with van der Waals surface area (Å²) in [6, 6.07) is 1.61. The number of nitrogens with zero attached hydrogens (tertiary/aromatic N) is 1. The Hall–Kier alpha value is -0.870. The first-order valence-corrected chi connectivity index (χ1v) is 9.00. The fourth-order valence-electron chi connectivity index (χ4n) is 1.76. The molecule has 0 atom stereocenters. The van der Waals surface area contributed by atoms with Crippen LogP contribution in [-0.4, -0.2) is 17.9 Å². The van der Waals surface area contributed by atoms with E-state index in [1.165, 1.54) is 11.3 Å². The van der Waals surface area contributed by atoms with Gasteiger partial charge in [-0.05, 0) is 19.4 Å². The Morgan fingerprint density at radius 1 is 1.35 bits per heavy atom. The number of ketones is 1. The zero-order chi connectivity index (χ0) is 17.4. The Kier molecular flexibility index (Phi) is 8.85. The van der Waals surface area contributed by atoms with Crippen molar-refractivity contribution in [3.05, 3.63) is 56.4 Å². The summed E-state index contributed by atoms with van der Waals surface area (Å²) < 4.78 is 0.438. The molecule has 23 heavy (non-hydrogen) atoms. The van der Waals surface area contributed by atoms with Crippen molar-refractivity contribution in [2.75, 3.05) is 5.88 Å². The second kappa shape index (κ2) is 10.1. The molecule has 0 saturated carbocycles. The van der Waals surface area contributed by atoms with Crippen LogP contribution in [0.3, 0.4) is 0 Å². The number of aliphatic imine (C=N–C) groups is 1. The zero-order valence-corrected chi connectivity index (χ0v) is 16.0. The van der Waals surface area contributed by atoms with E-state index in [0.717, 1.165) is 17.6 Å². The molecule has 0 radical (unpaired) electrons. The summed E-state index contributed by atoms with van der Waals surface area (Å²) in [7, 11) is 0. The van der Waals surface area contributed by atoms with Crippen LogP contribution in [0.25, 0.3) is 0 Å². The molecule has 0 spiro atoms. The van der Waals surface area contributed by atoms with Gasteiger partial charge in [-0.25, -0.2) is 0 Å². The maximum Gasteiger partial charge on any atom is 0.176 e. The number of hydrogen-bond donors (Lipinski definition) is 0. The first kappa shape index (κ1) is 20.2. The highest BCUT2D eigenvalue weighted by Crippen LogP contribution is 2.32. The van der Waals surface area contributed by atoms with Crippen molar-refractivity contribution in [3.63, 3.8) is 0 Å². The highest BCUT2D eigenvalue weighted by Gasteiger charge is 2.11. The molecule has 0 saturated heterocycles. The topological polar surface area (TPSA) is 29.4 Å². The number of Topliss-reactive ketones (excluding diaryl/α,β-unsaturated/α-hetero) is 1. The standard InChI is InChI=1S/C17H18Cl3NOS/c1-11(2)8-13(6-7-21-12(3)10-18)4-5-15(22)16-9-14(19)17(20)23-16/h4,7,9H,1,3,5-6,8,10H2,2H3/b13-4+,21-7+. The van der Waals surface area contributed by atoms with E-state index in [1.807, 2.05) is 13.0 Å². The molecule has 1 aromatic rings. The average Bonchev–Trinajstić information content (AvgIpc) is 2.83. The Morgan fingerprint density at radius 2 is 2.04 bits per heavy atom. The fourth-order valence-corrected chi connectivity index (χ4v) is 3.15. The van der Waals surface area contributed by atoms with E-state index < -0.39 is 0 Å². The van der Waals surface area contributed by atoms with Gasteiger partial charge >= 0.3 is 0 Å². The molecule has 0 aromatic carbocycles. The van der Waals surface area contributed by atoms with Crippen molar-refractivity contribution >= 4 is 58.1 Å². The van der Waals surface area contributed by atoms with Gasteiger partial charge in [-0.15, -0.1) is 22.9 Å². The molecule has 0 N–H and O–H groups in total. The number of carbonyl (C=O) groups excluding carboxylic acids is 1. The summed E-state index contributed by atoms with van der Waals surface area (Å²) in [5.74, 6) is 0.291. The van der Waals surface area contributed by atoms with Crippen LogP contribution < -0.4 is 0 Å². The summed E-state index contributed by atoms with van der Waals surface area (Å²) in [4.78, 5) is 16.9. The van der Waals surface area contributed by atoms with Crippen LogP contribution in [0, 0.1) is 0 Å². The lowest BCUT2D eigenvalue weighted by Gasteiger charge is -2.04. The van der Waals surface area contributed by atoms with E-state index >= 15 is 0 Å². The van der Waals surface area contributed by atoms with Gasteiger partial charge in [0.2, 0.25) is 0 Å². The number of thiophene rings is 1. The lowest BCUT2D eigenvalue weighted by molar-refractivity contribution is 0.0999. The first-order valence-electron chi connectivity index (χ1n) is 6.90. The molecule has 124 valence electrons. The van der Waals surface area contributed by atoms with E-state index in [4.69, 9.17) is 34.8 Å². The Bertz CT molecular complexity index is 639. The van der Waals surface area contributed by atoms with E-state index in [1.54, 1.807) is 12.3 Å². The third-order valence-electron chi connectivity index (χ3n) is 2.81. The quantitative estimate of drug-likeness (QED) is 0.199. The molecule has 0 aliphatic carbocycles. The number of alkyl halides is 1. The maximum atomic E-state index is 12.2. The van der Waals surface area contributed by atoms with E-state index in [9.17, 15) is 4.79 Å². The van der Waals surface area contributed by atoms with Crippen LogP contribution in [0.4, 0.5) is 0 Å². The molecular weight excluding hydrogens is 373 g/mol. The molecule has 1 rings (SSSR count). The zero-order valence-electron chi connectivity index (χ0n) is 12.9. The van der Waals surface area contributed by atoms with Crippen LogP contribution in [0.2, 0.25) is 9.36 Å². The van der Waals surface area contributed by atoms with Gasteiger partial charge in [0.1, 0.15) is 4.34 Å². The summed E-state index contributed by atoms with van der Waals surface area (Å²) in [6.45, 7) is 9.57. The van der Waals surface area contributed by atoms with Crippen molar-refractivity contribution in [2.24, 2.45) is 4.99 Å². The molecule has 1 heterocycles. The van der Waals surface area contributed by atoms with Crippen molar-refractivity contribution < 1.29 is 4.79 Å². The molecule has 0 aliphatic rings. The number of hydrogen-bond acceptors (Lipinski definition) is 3. The lowest BCUT2D eigenvalue weighted by Crippen LogP contribution is -1.96. The van der Waals surface area contributed by atoms with Crippen LogP contribution in [0.15, 0.2) is 47.1 Å². The van der Waals surface area contributed by atoms with Gasteiger partial charge in [0.25, 0.3) is 0 Å². The van der Waals surface area contributed by atoms with E-state index in [-0.39, 0.29) is 5.78 Å². The highest BCUT2D eigenvalue weighted by molar-refractivity contribution is 7.18. The second-order valence-electron chi connectivity index (χ2n) is 5.07. The average molecular weight is 391 g/mol. The Morgan fingerprint density at radius 3 is 2.57 bits per heavy atom. The Labute approximate surface area is 156 Å². The normalized spacial score (nSPS) is 11.9. The molecular formula is C17H18Cl3NOS. The monoisotopic (exact) mass is 389 g/mol. The minimum atomic E-state index is -0.00915. The van der Waals surface area contributed by atoms with Crippen molar-refractivity contribution in [1.29, 1.82) is 0 Å². The summed E-state index contributed by atoms with van der Waals surface area (Å²) in [5.41, 5.74) is 2.71. The van der Waals surface area contributed by atoms with Gasteiger partial charge in [-0.1, -0.05) is 53.6 Å². The Balaban J connectivity index is 2.75. The van der Waals surface area contributed by atoms with Gasteiger partial charge in [0.15, 0.2) is 5.78 Å². The third-order valence-corrected chi connectivity index (χ3v) is 5.02. The van der Waals surface area contributed by atoms with Crippen molar-refractivity contribution in [2.45, 2.75) is 26.2 Å². The number of carbonyl (C=O) groups is 1. The minimum absolute atomic E-state index is 0.00915. The second-order valence-corrected chi connectivity index (χ2v) is 7.40. The number of allylic oxidation sites excluding steroid dienone is 4. The summed E-state index contributed by atoms with van der Waals surface area (Å²) >= 11 is 18.6. The van der Waals surface area contributed by atoms with Gasteiger partial charge in [0.05, 0.1) is 15.8 Å². The van der Waals surface area contributed by atoms with Crippen LogP contribution in [0.5, 0.6) is 0 Å². The predicted molar refractivity (Wildman–Crippen MR) is 104 cm³/mol. The highest BCUT2D eigenvalue weighted by atomic mass is 35.5. The molecule has 0 aliphatic heterocycles. The molecule has 0 unspecified atom stereocenters. The summed E-state index contributed by atoms with van der Waals surface area (Å²) in [5, 5.41) is 0.415. The smallest absolute Gasteiger partial charge is 0.176 e. The molecule has 1 aromatic heterocycles. The summed E-state index contributed by atoms with van der Waals surface area (Å²) in [6.07, 6.45) is 5.30. The van der Waals surface area contributed by atoms with E-state index in [0.29, 0.717) is 38.7 Å². The number of halogens is 3. The van der Waals surface area contributed by atoms with Crippen molar-refractivity contribution in [3.8, 4) is 0 Å². The third kappa shape index (κ3) is 7.49. The molecule has 0 fully saturated rings. The number of rotatable bonds is 9. The SMILES string of the molecule is C=C(C)C/C(=C/CC(=O)c1cc(Cl)c(Cl)s1)C/C=N/C(=C)CCl. The predicted octanol–water partition coefficient (Wildman–Crippen LogP) is 6.73. The maximum absolute atomic E-state index is 12.2.